The Kier molecular flexibility index (Phi) is 6.59. The summed E-state index contributed by atoms with van der Waals surface area (Å²) in [5.74, 6) is 0.0893. The molecule has 0 bridgehead atoms. The summed E-state index contributed by atoms with van der Waals surface area (Å²) in [6.45, 7) is 3.22. The number of nitrogens with zero attached hydrogens (tertiary/aromatic N) is 2. The van der Waals surface area contributed by atoms with Crippen molar-refractivity contribution in [2.75, 3.05) is 23.4 Å². The monoisotopic (exact) mass is 450 g/mol. The van der Waals surface area contributed by atoms with Gasteiger partial charge in [0.25, 0.3) is 11.5 Å². The highest BCUT2D eigenvalue weighted by Gasteiger charge is 2.36. The van der Waals surface area contributed by atoms with Crippen molar-refractivity contribution in [1.82, 2.24) is 9.55 Å². The Bertz CT molecular complexity index is 1190. The van der Waals surface area contributed by atoms with Crippen molar-refractivity contribution in [3.8, 4) is 0 Å². The number of halogens is 3. The molecule has 164 valence electrons. The molecule has 0 saturated carbocycles. The highest BCUT2D eigenvalue weighted by molar-refractivity contribution is 7.99. The van der Waals surface area contributed by atoms with Gasteiger partial charge in [0, 0.05) is 36.3 Å². The van der Waals surface area contributed by atoms with Crippen LogP contribution in [0.2, 0.25) is 0 Å². The van der Waals surface area contributed by atoms with Gasteiger partial charge in [-0.3, -0.25) is 14.6 Å². The molecule has 1 amide bonds. The van der Waals surface area contributed by atoms with E-state index in [1.54, 1.807) is 24.5 Å². The van der Waals surface area contributed by atoms with E-state index in [0.29, 0.717) is 20.8 Å². The van der Waals surface area contributed by atoms with Gasteiger partial charge in [0.1, 0.15) is 11.4 Å². The number of rotatable bonds is 6. The van der Waals surface area contributed by atoms with Crippen LogP contribution in [0.5, 0.6) is 0 Å². The minimum atomic E-state index is -4.75. The Labute approximate surface area is 180 Å². The van der Waals surface area contributed by atoms with Crippen LogP contribution in [0.3, 0.4) is 0 Å². The Hall–Kier alpha value is -3.01. The van der Waals surface area contributed by atoms with Gasteiger partial charge in [0.15, 0.2) is 0 Å². The number of thioether (sulfide) groups is 1. The summed E-state index contributed by atoms with van der Waals surface area (Å²) in [6, 6.07) is 6.02. The van der Waals surface area contributed by atoms with Gasteiger partial charge in [0.05, 0.1) is 11.3 Å². The predicted molar refractivity (Wildman–Crippen MR) is 117 cm³/mol. The maximum absolute atomic E-state index is 13.5. The van der Waals surface area contributed by atoms with Crippen LogP contribution in [0.15, 0.2) is 46.3 Å². The van der Waals surface area contributed by atoms with E-state index in [1.807, 2.05) is 13.0 Å². The first-order valence-electron chi connectivity index (χ1n) is 9.55. The largest absolute Gasteiger partial charge is 0.431 e. The Balaban J connectivity index is 2.12. The zero-order chi connectivity index (χ0) is 22.8. The molecule has 3 aromatic rings. The molecule has 0 unspecified atom stereocenters. The quantitative estimate of drug-likeness (QED) is 0.526. The van der Waals surface area contributed by atoms with Gasteiger partial charge in [-0.25, -0.2) is 0 Å². The number of hydrogen-bond acceptors (Lipinski definition) is 5. The van der Waals surface area contributed by atoms with Gasteiger partial charge < -0.3 is 15.2 Å². The average Bonchev–Trinajstić information content (AvgIpc) is 2.72. The maximum atomic E-state index is 13.5. The Morgan fingerprint density at radius 3 is 2.55 bits per heavy atom. The lowest BCUT2D eigenvalue weighted by atomic mass is 10.1. The van der Waals surface area contributed by atoms with Crippen LogP contribution in [-0.2, 0) is 12.7 Å². The number of amides is 1. The van der Waals surface area contributed by atoms with Crippen molar-refractivity contribution in [2.24, 2.45) is 0 Å². The summed E-state index contributed by atoms with van der Waals surface area (Å²) in [5.41, 5.74) is -2.01. The average molecular weight is 450 g/mol. The van der Waals surface area contributed by atoms with E-state index in [4.69, 9.17) is 0 Å². The summed E-state index contributed by atoms with van der Waals surface area (Å²) in [5, 5.41) is 6.73. The second kappa shape index (κ2) is 9.01. The third-order valence-corrected chi connectivity index (χ3v) is 5.63. The second-order valence-electron chi connectivity index (χ2n) is 6.57. The van der Waals surface area contributed by atoms with Crippen molar-refractivity contribution in [1.29, 1.82) is 0 Å². The number of fused-ring (bicyclic) bond motifs is 1. The van der Waals surface area contributed by atoms with E-state index in [9.17, 15) is 22.8 Å². The SMILES string of the molecule is CCSc1cc2cnccc2cc1C(=O)Nc1cc(C(F)(F)F)n(CC)c(=O)c1NC. The number of aromatic nitrogens is 2. The van der Waals surface area contributed by atoms with E-state index in [0.717, 1.165) is 16.8 Å². The molecule has 0 aliphatic heterocycles. The van der Waals surface area contributed by atoms with Gasteiger partial charge >= 0.3 is 6.18 Å². The van der Waals surface area contributed by atoms with E-state index < -0.39 is 23.3 Å². The van der Waals surface area contributed by atoms with E-state index in [-0.39, 0.29) is 17.9 Å². The molecule has 0 aliphatic carbocycles. The number of pyridine rings is 2. The van der Waals surface area contributed by atoms with Crippen LogP contribution < -0.4 is 16.2 Å². The summed E-state index contributed by atoms with van der Waals surface area (Å²) >= 11 is 1.43. The summed E-state index contributed by atoms with van der Waals surface area (Å²) < 4.78 is 41.2. The van der Waals surface area contributed by atoms with E-state index in [1.165, 1.54) is 25.7 Å². The van der Waals surface area contributed by atoms with Crippen LogP contribution >= 0.6 is 11.8 Å². The number of alkyl halides is 3. The van der Waals surface area contributed by atoms with Crippen LogP contribution in [0.25, 0.3) is 10.8 Å². The third kappa shape index (κ3) is 4.53. The van der Waals surface area contributed by atoms with Gasteiger partial charge in [-0.15, -0.1) is 11.8 Å². The lowest BCUT2D eigenvalue weighted by molar-refractivity contribution is -0.144. The number of hydrogen-bond donors (Lipinski definition) is 2. The maximum Gasteiger partial charge on any atom is 0.431 e. The zero-order valence-corrected chi connectivity index (χ0v) is 17.9. The first-order valence-corrected chi connectivity index (χ1v) is 10.5. The highest BCUT2D eigenvalue weighted by Crippen LogP contribution is 2.33. The van der Waals surface area contributed by atoms with E-state index >= 15 is 0 Å². The lowest BCUT2D eigenvalue weighted by Gasteiger charge is -2.19. The molecule has 31 heavy (non-hydrogen) atoms. The summed E-state index contributed by atoms with van der Waals surface area (Å²) in [7, 11) is 1.42. The molecular formula is C21H21F3N4O2S. The van der Waals surface area contributed by atoms with Gasteiger partial charge in [0.2, 0.25) is 0 Å². The summed E-state index contributed by atoms with van der Waals surface area (Å²) in [4.78, 5) is 30.5. The molecule has 10 heteroatoms. The molecule has 2 aromatic heterocycles. The highest BCUT2D eigenvalue weighted by atomic mass is 32.2. The van der Waals surface area contributed by atoms with Crippen molar-refractivity contribution in [3.63, 3.8) is 0 Å². The predicted octanol–water partition coefficient (Wildman–Crippen LogP) is 4.84. The fourth-order valence-corrected chi connectivity index (χ4v) is 4.12. The summed E-state index contributed by atoms with van der Waals surface area (Å²) in [6.07, 6.45) is -1.48. The fourth-order valence-electron chi connectivity index (χ4n) is 3.29. The first kappa shape index (κ1) is 22.7. The standard InChI is InChI=1S/C21H21F3N4O2S/c1-4-28-17(21(22,23)24)10-15(18(25-3)20(28)30)27-19(29)14-8-12-6-7-26-11-13(12)9-16(14)31-5-2/h6-11,25H,4-5H2,1-3H3,(H,27,29). The smallest absolute Gasteiger partial charge is 0.382 e. The molecule has 0 saturated heterocycles. The fraction of sp³-hybridized carbons (Fsp3) is 0.286. The topological polar surface area (TPSA) is 76.0 Å². The number of anilines is 2. The van der Waals surface area contributed by atoms with Crippen LogP contribution in [0.1, 0.15) is 29.9 Å². The molecule has 2 N–H and O–H groups in total. The van der Waals surface area contributed by atoms with Crippen molar-refractivity contribution in [2.45, 2.75) is 31.5 Å². The lowest BCUT2D eigenvalue weighted by Crippen LogP contribution is -2.30. The van der Waals surface area contributed by atoms with Crippen LogP contribution in [0.4, 0.5) is 24.5 Å². The van der Waals surface area contributed by atoms with Gasteiger partial charge in [-0.2, -0.15) is 13.2 Å². The molecule has 1 aromatic carbocycles. The van der Waals surface area contributed by atoms with Crippen molar-refractivity contribution < 1.29 is 18.0 Å². The normalized spacial score (nSPS) is 11.5. The Morgan fingerprint density at radius 2 is 1.94 bits per heavy atom. The van der Waals surface area contributed by atoms with Gasteiger partial charge in [-0.1, -0.05) is 6.92 Å². The van der Waals surface area contributed by atoms with Crippen molar-refractivity contribution in [3.05, 3.63) is 58.3 Å². The van der Waals surface area contributed by atoms with Crippen LogP contribution in [0, 0.1) is 0 Å². The van der Waals surface area contributed by atoms with Crippen molar-refractivity contribution >= 4 is 39.8 Å². The minimum absolute atomic E-state index is 0.113. The molecule has 0 spiro atoms. The molecular weight excluding hydrogens is 429 g/mol. The molecule has 0 radical (unpaired) electrons. The number of carbonyl (C=O) groups is 1. The number of nitrogens with one attached hydrogen (secondary N) is 2. The van der Waals surface area contributed by atoms with Crippen LogP contribution in [-0.4, -0.2) is 28.3 Å². The molecule has 0 aliphatic rings. The molecule has 2 heterocycles. The molecule has 3 rings (SSSR count). The zero-order valence-electron chi connectivity index (χ0n) is 17.1. The molecule has 0 atom stereocenters. The Morgan fingerprint density at radius 1 is 1.19 bits per heavy atom. The first-order chi connectivity index (χ1) is 14.7. The number of carbonyl (C=O) groups excluding carboxylic acids is 1. The third-order valence-electron chi connectivity index (χ3n) is 4.69. The minimum Gasteiger partial charge on any atom is -0.382 e. The molecule has 0 fully saturated rings. The van der Waals surface area contributed by atoms with Gasteiger partial charge in [-0.05, 0) is 42.3 Å². The molecule has 6 nitrogen and oxygen atoms in total. The van der Waals surface area contributed by atoms with E-state index in [2.05, 4.69) is 15.6 Å². The second-order valence-corrected chi connectivity index (χ2v) is 7.88. The number of benzene rings is 1.